The third-order valence-corrected chi connectivity index (χ3v) is 3.68. The molecule has 0 aromatic carbocycles. The summed E-state index contributed by atoms with van der Waals surface area (Å²) in [6, 6.07) is 2.51. The van der Waals surface area contributed by atoms with Crippen LogP contribution in [-0.2, 0) is 0 Å². The Hall–Kier alpha value is -0.280. The van der Waals surface area contributed by atoms with Crippen LogP contribution in [-0.4, -0.2) is 6.54 Å². The van der Waals surface area contributed by atoms with Crippen molar-refractivity contribution in [2.45, 2.75) is 38.6 Å². The van der Waals surface area contributed by atoms with Gasteiger partial charge in [-0.05, 0) is 47.3 Å². The fraction of sp³-hybridized carbons (Fsp3) is 0.667. The van der Waals surface area contributed by atoms with E-state index in [1.807, 2.05) is 0 Å². The van der Waals surface area contributed by atoms with Gasteiger partial charge in [-0.25, -0.2) is 0 Å². The quantitative estimate of drug-likeness (QED) is 0.850. The largest absolute Gasteiger partial charge is 0.457 e. The van der Waals surface area contributed by atoms with Gasteiger partial charge in [0.15, 0.2) is 4.67 Å². The number of hydrogen-bond donors (Lipinski definition) is 1. The lowest BCUT2D eigenvalue weighted by Crippen LogP contribution is -2.20. The van der Waals surface area contributed by atoms with E-state index >= 15 is 0 Å². The third kappa shape index (κ3) is 3.08. The lowest BCUT2D eigenvalue weighted by molar-refractivity contribution is 0.466. The maximum absolute atomic E-state index is 5.29. The van der Waals surface area contributed by atoms with Crippen molar-refractivity contribution in [3.8, 4) is 0 Å². The van der Waals surface area contributed by atoms with Crippen molar-refractivity contribution in [3.63, 3.8) is 0 Å². The van der Waals surface area contributed by atoms with Gasteiger partial charge < -0.3 is 9.73 Å². The molecule has 2 rings (SSSR count). The summed E-state index contributed by atoms with van der Waals surface area (Å²) in [5, 5.41) is 3.52. The van der Waals surface area contributed by atoms with Crippen LogP contribution < -0.4 is 5.32 Å². The van der Waals surface area contributed by atoms with Crippen molar-refractivity contribution in [1.82, 2.24) is 5.32 Å². The van der Waals surface area contributed by atoms with Gasteiger partial charge in [0.2, 0.25) is 0 Å². The Labute approximate surface area is 99.6 Å². The number of furan rings is 1. The number of nitrogens with one attached hydrogen (secondary N) is 1. The molecule has 1 aliphatic carbocycles. The molecule has 0 spiro atoms. The minimum atomic E-state index is 0.448. The Morgan fingerprint density at radius 2 is 2.40 bits per heavy atom. The normalized spacial score (nSPS) is 18.0. The van der Waals surface area contributed by atoms with E-state index in [1.165, 1.54) is 31.2 Å². The molecule has 0 saturated heterocycles. The molecule has 1 heterocycles. The molecule has 1 atom stereocenters. The second-order valence-electron chi connectivity index (χ2n) is 4.28. The van der Waals surface area contributed by atoms with Crippen LogP contribution >= 0.6 is 15.9 Å². The molecule has 0 aliphatic heterocycles. The van der Waals surface area contributed by atoms with Crippen LogP contribution in [0.4, 0.5) is 0 Å². The lowest BCUT2D eigenvalue weighted by atomic mass is 10.0. The topological polar surface area (TPSA) is 25.2 Å². The number of hydrogen-bond acceptors (Lipinski definition) is 2. The molecule has 2 nitrogen and oxygen atoms in total. The van der Waals surface area contributed by atoms with Gasteiger partial charge >= 0.3 is 0 Å². The summed E-state index contributed by atoms with van der Waals surface area (Å²) in [5.41, 5.74) is 1.26. The summed E-state index contributed by atoms with van der Waals surface area (Å²) < 4.78 is 6.17. The van der Waals surface area contributed by atoms with Crippen molar-refractivity contribution in [3.05, 3.63) is 22.6 Å². The smallest absolute Gasteiger partial charge is 0.173 e. The molecule has 0 amide bonds. The Morgan fingerprint density at radius 1 is 1.60 bits per heavy atom. The van der Waals surface area contributed by atoms with E-state index in [1.54, 1.807) is 6.26 Å². The zero-order valence-electron chi connectivity index (χ0n) is 9.13. The molecule has 1 aromatic heterocycles. The summed E-state index contributed by atoms with van der Waals surface area (Å²) >= 11 is 3.45. The summed E-state index contributed by atoms with van der Waals surface area (Å²) in [7, 11) is 0. The van der Waals surface area contributed by atoms with E-state index in [2.05, 4.69) is 34.2 Å². The van der Waals surface area contributed by atoms with E-state index in [0.29, 0.717) is 6.04 Å². The molecule has 0 radical (unpaired) electrons. The highest BCUT2D eigenvalue weighted by molar-refractivity contribution is 9.10. The predicted molar refractivity (Wildman–Crippen MR) is 64.8 cm³/mol. The molecule has 1 unspecified atom stereocenters. The summed E-state index contributed by atoms with van der Waals surface area (Å²) in [6.45, 7) is 3.16. The van der Waals surface area contributed by atoms with Gasteiger partial charge in [0.05, 0.1) is 6.26 Å². The molecule has 84 valence electrons. The fourth-order valence-electron chi connectivity index (χ4n) is 1.98. The van der Waals surface area contributed by atoms with E-state index in [4.69, 9.17) is 4.42 Å². The average Bonchev–Trinajstić information content (AvgIpc) is 2.96. The Bertz CT molecular complexity index is 306. The summed E-state index contributed by atoms with van der Waals surface area (Å²) in [6.07, 6.45) is 7.18. The lowest BCUT2D eigenvalue weighted by Gasteiger charge is -2.16. The zero-order valence-corrected chi connectivity index (χ0v) is 10.7. The van der Waals surface area contributed by atoms with E-state index in [9.17, 15) is 0 Å². The second kappa shape index (κ2) is 5.17. The van der Waals surface area contributed by atoms with Gasteiger partial charge in [-0.2, -0.15) is 0 Å². The van der Waals surface area contributed by atoms with Gasteiger partial charge in [-0.3, -0.25) is 0 Å². The van der Waals surface area contributed by atoms with Crippen LogP contribution in [0.15, 0.2) is 21.4 Å². The zero-order chi connectivity index (χ0) is 10.7. The monoisotopic (exact) mass is 271 g/mol. The highest BCUT2D eigenvalue weighted by Gasteiger charge is 2.24. The molecular formula is C12H18BrNO. The molecular weight excluding hydrogens is 254 g/mol. The number of rotatable bonds is 6. The molecule has 0 bridgehead atoms. The van der Waals surface area contributed by atoms with Crippen LogP contribution in [0.1, 0.15) is 44.2 Å². The van der Waals surface area contributed by atoms with Gasteiger partial charge in [-0.15, -0.1) is 0 Å². The Kier molecular flexibility index (Phi) is 3.87. The third-order valence-electron chi connectivity index (χ3n) is 3.03. The number of halogens is 1. The first kappa shape index (κ1) is 11.2. The van der Waals surface area contributed by atoms with Crippen LogP contribution in [0, 0.1) is 5.92 Å². The minimum Gasteiger partial charge on any atom is -0.457 e. The van der Waals surface area contributed by atoms with Crippen LogP contribution in [0.25, 0.3) is 0 Å². The maximum atomic E-state index is 5.29. The van der Waals surface area contributed by atoms with Crippen LogP contribution in [0.2, 0.25) is 0 Å². The minimum absolute atomic E-state index is 0.448. The van der Waals surface area contributed by atoms with Crippen molar-refractivity contribution in [2.24, 2.45) is 5.92 Å². The molecule has 1 aromatic rings. The molecule has 1 N–H and O–H groups in total. The predicted octanol–water partition coefficient (Wildman–Crippen LogP) is 3.88. The van der Waals surface area contributed by atoms with Crippen LogP contribution in [0.5, 0.6) is 0 Å². The van der Waals surface area contributed by atoms with Crippen molar-refractivity contribution >= 4 is 15.9 Å². The molecule has 1 fully saturated rings. The van der Waals surface area contributed by atoms with Crippen molar-refractivity contribution in [1.29, 1.82) is 0 Å². The van der Waals surface area contributed by atoms with E-state index < -0.39 is 0 Å². The van der Waals surface area contributed by atoms with Gasteiger partial charge in [0.1, 0.15) is 0 Å². The molecule has 15 heavy (non-hydrogen) atoms. The second-order valence-corrected chi connectivity index (χ2v) is 5.00. The first-order valence-electron chi connectivity index (χ1n) is 5.77. The molecule has 1 aliphatic rings. The summed E-state index contributed by atoms with van der Waals surface area (Å²) in [5.74, 6) is 0.997. The van der Waals surface area contributed by atoms with Crippen molar-refractivity contribution < 1.29 is 4.42 Å². The highest BCUT2D eigenvalue weighted by atomic mass is 79.9. The van der Waals surface area contributed by atoms with E-state index in [0.717, 1.165) is 17.1 Å². The average molecular weight is 272 g/mol. The maximum Gasteiger partial charge on any atom is 0.173 e. The Balaban J connectivity index is 1.94. The van der Waals surface area contributed by atoms with Gasteiger partial charge in [0.25, 0.3) is 0 Å². The van der Waals surface area contributed by atoms with E-state index in [-0.39, 0.29) is 0 Å². The first-order valence-corrected chi connectivity index (χ1v) is 6.56. The molecule has 3 heteroatoms. The standard InChI is InChI=1S/C12H18BrNO/c1-2-14-11(6-5-9-3-4-9)10-7-8-15-12(10)13/h7-9,11,14H,2-6H2,1H3. The van der Waals surface area contributed by atoms with Crippen molar-refractivity contribution in [2.75, 3.05) is 6.54 Å². The van der Waals surface area contributed by atoms with Gasteiger partial charge in [0, 0.05) is 11.6 Å². The Morgan fingerprint density at radius 3 is 2.93 bits per heavy atom. The fourth-order valence-corrected chi connectivity index (χ4v) is 2.49. The first-order chi connectivity index (χ1) is 7.31. The van der Waals surface area contributed by atoms with Crippen LogP contribution in [0.3, 0.4) is 0 Å². The molecule has 1 saturated carbocycles. The highest BCUT2D eigenvalue weighted by Crippen LogP contribution is 2.37. The summed E-state index contributed by atoms with van der Waals surface area (Å²) in [4.78, 5) is 0. The van der Waals surface area contributed by atoms with Gasteiger partial charge in [-0.1, -0.05) is 19.8 Å². The SMILES string of the molecule is CCNC(CCC1CC1)c1ccoc1Br.